The minimum absolute atomic E-state index is 0.0671. The fourth-order valence-corrected chi connectivity index (χ4v) is 9.63. The highest BCUT2D eigenvalue weighted by Crippen LogP contribution is 2.67. The summed E-state index contributed by atoms with van der Waals surface area (Å²) < 4.78 is 5.37. The maximum atomic E-state index is 11.4. The number of nitrogens with zero attached hydrogens (tertiary/aromatic N) is 2. The predicted molar refractivity (Wildman–Crippen MR) is 140 cm³/mol. The molecule has 190 valence electrons. The third kappa shape index (κ3) is 3.90. The lowest BCUT2D eigenvalue weighted by Gasteiger charge is -2.62. The van der Waals surface area contributed by atoms with Crippen LogP contribution in [0.5, 0.6) is 5.75 Å². The van der Waals surface area contributed by atoms with Crippen LogP contribution in [-0.4, -0.2) is 28.3 Å². The second-order valence-electron chi connectivity index (χ2n) is 13.0. The first-order valence-electron chi connectivity index (χ1n) is 14.4. The number of aryl methyl sites for hydroxylation is 1. The Morgan fingerprint density at radius 2 is 1.89 bits per heavy atom. The summed E-state index contributed by atoms with van der Waals surface area (Å²) in [4.78, 5) is 9.48. The molecule has 6 rings (SSSR count). The van der Waals surface area contributed by atoms with E-state index in [0.29, 0.717) is 22.7 Å². The third-order valence-corrected chi connectivity index (χ3v) is 11.6. The minimum Gasteiger partial charge on any atom is -0.497 e. The van der Waals surface area contributed by atoms with Crippen LogP contribution in [0.25, 0.3) is 10.9 Å². The van der Waals surface area contributed by atoms with Crippen molar-refractivity contribution >= 4 is 10.9 Å². The number of hydrogen-bond acceptors (Lipinski definition) is 4. The molecule has 2 aromatic rings. The number of benzene rings is 1. The number of aliphatic hydroxyl groups is 1. The lowest BCUT2D eigenvalue weighted by atomic mass is 9.44. The van der Waals surface area contributed by atoms with E-state index in [4.69, 9.17) is 9.72 Å². The number of rotatable bonds is 5. The van der Waals surface area contributed by atoms with E-state index in [-0.39, 0.29) is 6.10 Å². The van der Waals surface area contributed by atoms with E-state index in [2.05, 4.69) is 18.8 Å². The molecule has 4 saturated carbocycles. The van der Waals surface area contributed by atoms with Gasteiger partial charge in [-0.2, -0.15) is 0 Å². The fraction of sp³-hybridized carbons (Fsp3) is 0.742. The van der Waals surface area contributed by atoms with Gasteiger partial charge < -0.3 is 9.84 Å². The van der Waals surface area contributed by atoms with Gasteiger partial charge in [-0.3, -0.25) is 0 Å². The van der Waals surface area contributed by atoms with E-state index in [1.54, 1.807) is 7.11 Å². The average molecular weight is 477 g/mol. The topological polar surface area (TPSA) is 55.2 Å². The number of fused-ring (bicyclic) bond motifs is 6. The Morgan fingerprint density at radius 3 is 2.74 bits per heavy atom. The number of hydrogen-bond donors (Lipinski definition) is 1. The van der Waals surface area contributed by atoms with Crippen LogP contribution in [0.3, 0.4) is 0 Å². The molecular formula is C31H44N2O2. The van der Waals surface area contributed by atoms with Crippen LogP contribution in [0.1, 0.15) is 90.3 Å². The molecule has 4 aliphatic carbocycles. The van der Waals surface area contributed by atoms with E-state index in [1.807, 2.05) is 24.4 Å². The van der Waals surface area contributed by atoms with Gasteiger partial charge >= 0.3 is 0 Å². The van der Waals surface area contributed by atoms with Crippen LogP contribution in [0, 0.1) is 40.4 Å². The number of ether oxygens (including phenoxy) is 1. The molecule has 4 fully saturated rings. The normalized spacial score (nSPS) is 40.7. The smallest absolute Gasteiger partial charge is 0.128 e. The average Bonchev–Trinajstić information content (AvgIpc) is 3.20. The van der Waals surface area contributed by atoms with Crippen LogP contribution in [0.2, 0.25) is 0 Å². The van der Waals surface area contributed by atoms with Gasteiger partial charge in [0, 0.05) is 24.1 Å². The first kappa shape index (κ1) is 23.7. The summed E-state index contributed by atoms with van der Waals surface area (Å²) in [6.07, 6.45) is 17.2. The lowest BCUT2D eigenvalue weighted by molar-refractivity contribution is -0.162. The lowest BCUT2D eigenvalue weighted by Crippen LogP contribution is -2.57. The van der Waals surface area contributed by atoms with Crippen molar-refractivity contribution in [2.45, 2.75) is 97.0 Å². The van der Waals surface area contributed by atoms with Crippen LogP contribution >= 0.6 is 0 Å². The summed E-state index contributed by atoms with van der Waals surface area (Å²) in [5, 5.41) is 12.5. The van der Waals surface area contributed by atoms with Crippen molar-refractivity contribution in [2.75, 3.05) is 7.11 Å². The molecule has 4 heteroatoms. The molecule has 1 aromatic heterocycles. The Kier molecular flexibility index (Phi) is 6.10. The summed E-state index contributed by atoms with van der Waals surface area (Å²) in [6, 6.07) is 6.01. The van der Waals surface area contributed by atoms with E-state index >= 15 is 0 Å². The first-order valence-corrected chi connectivity index (χ1v) is 14.4. The molecule has 0 aliphatic heterocycles. The van der Waals surface area contributed by atoms with Crippen LogP contribution in [0.15, 0.2) is 24.4 Å². The highest BCUT2D eigenvalue weighted by atomic mass is 16.5. The Labute approximate surface area is 211 Å². The highest BCUT2D eigenvalue weighted by Gasteiger charge is 2.61. The van der Waals surface area contributed by atoms with Gasteiger partial charge in [-0.25, -0.2) is 9.97 Å². The van der Waals surface area contributed by atoms with Gasteiger partial charge in [0.1, 0.15) is 11.6 Å². The number of methoxy groups -OCH3 is 1. The van der Waals surface area contributed by atoms with Crippen molar-refractivity contribution < 1.29 is 9.84 Å². The van der Waals surface area contributed by atoms with E-state index < -0.39 is 0 Å². The number of aliphatic hydroxyl groups excluding tert-OH is 1. The maximum absolute atomic E-state index is 11.4. The van der Waals surface area contributed by atoms with Crippen LogP contribution in [-0.2, 0) is 6.42 Å². The maximum Gasteiger partial charge on any atom is 0.128 e. The zero-order valence-electron chi connectivity index (χ0n) is 22.0. The largest absolute Gasteiger partial charge is 0.497 e. The Hall–Kier alpha value is -1.68. The molecule has 0 amide bonds. The van der Waals surface area contributed by atoms with Crippen molar-refractivity contribution in [2.24, 2.45) is 40.4 Å². The minimum atomic E-state index is -0.0671. The fourth-order valence-electron chi connectivity index (χ4n) is 9.63. The van der Waals surface area contributed by atoms with Gasteiger partial charge in [0.15, 0.2) is 0 Å². The second kappa shape index (κ2) is 9.01. The van der Waals surface area contributed by atoms with Gasteiger partial charge in [0.05, 0.1) is 18.7 Å². The first-order chi connectivity index (χ1) is 16.9. The van der Waals surface area contributed by atoms with Gasteiger partial charge in [0.25, 0.3) is 0 Å². The van der Waals surface area contributed by atoms with Crippen molar-refractivity contribution in [3.05, 3.63) is 30.2 Å². The summed E-state index contributed by atoms with van der Waals surface area (Å²) in [5.41, 5.74) is 1.86. The molecule has 0 radical (unpaired) electrons. The second-order valence-corrected chi connectivity index (χ2v) is 13.0. The molecule has 0 spiro atoms. The molecule has 4 aliphatic rings. The quantitative estimate of drug-likeness (QED) is 0.506. The summed E-state index contributed by atoms with van der Waals surface area (Å²) in [5.74, 6) is 5.33. The van der Waals surface area contributed by atoms with Gasteiger partial charge in [0.2, 0.25) is 0 Å². The third-order valence-electron chi connectivity index (χ3n) is 11.6. The van der Waals surface area contributed by atoms with E-state index in [0.717, 1.165) is 59.5 Å². The summed E-state index contributed by atoms with van der Waals surface area (Å²) in [6.45, 7) is 5.20. The molecule has 0 bridgehead atoms. The van der Waals surface area contributed by atoms with Crippen LogP contribution in [0.4, 0.5) is 0 Å². The van der Waals surface area contributed by atoms with E-state index in [9.17, 15) is 5.11 Å². The Morgan fingerprint density at radius 1 is 1.03 bits per heavy atom. The zero-order chi connectivity index (χ0) is 24.2. The van der Waals surface area contributed by atoms with Crippen molar-refractivity contribution in [1.29, 1.82) is 0 Å². The highest BCUT2D eigenvalue weighted by molar-refractivity contribution is 5.79. The molecule has 1 aromatic carbocycles. The van der Waals surface area contributed by atoms with E-state index in [1.165, 1.54) is 57.8 Å². The predicted octanol–water partition coefficient (Wildman–Crippen LogP) is 6.98. The standard InChI is InChI=1S/C31H44N2O2/c1-30-15-5-4-7-22(30)17-27(34)29-24-13-11-21(31(24,2)16-14-25(29)30)8-6-9-28-32-19-20-10-12-23(35-3)18-26(20)33-28/h10,12,18-19,21-22,24-25,27,29,34H,4-9,11,13-17H2,1-3H3. The molecule has 8 atom stereocenters. The summed E-state index contributed by atoms with van der Waals surface area (Å²) >= 11 is 0. The molecule has 35 heavy (non-hydrogen) atoms. The van der Waals surface area contributed by atoms with Crippen molar-refractivity contribution in [1.82, 2.24) is 9.97 Å². The van der Waals surface area contributed by atoms with Gasteiger partial charge in [-0.1, -0.05) is 26.7 Å². The molecule has 1 N–H and O–H groups in total. The van der Waals surface area contributed by atoms with Crippen molar-refractivity contribution in [3.8, 4) is 5.75 Å². The zero-order valence-corrected chi connectivity index (χ0v) is 22.0. The monoisotopic (exact) mass is 476 g/mol. The summed E-state index contributed by atoms with van der Waals surface area (Å²) in [7, 11) is 1.70. The van der Waals surface area contributed by atoms with Crippen LogP contribution < -0.4 is 4.74 Å². The SMILES string of the molecule is COc1ccc2cnc(CCCC3CCC4C5C(O)CC6CCCCC6(C)C5CCC34C)nc2c1. The van der Waals surface area contributed by atoms with Crippen molar-refractivity contribution in [3.63, 3.8) is 0 Å². The Bertz CT molecular complexity index is 1070. The van der Waals surface area contributed by atoms with Gasteiger partial charge in [-0.05, 0) is 110 Å². The molecule has 8 unspecified atom stereocenters. The number of aromatic nitrogens is 2. The molecule has 4 nitrogen and oxygen atoms in total. The molecule has 0 saturated heterocycles. The molecule has 1 heterocycles. The molecular weight excluding hydrogens is 432 g/mol. The van der Waals surface area contributed by atoms with Gasteiger partial charge in [-0.15, -0.1) is 0 Å². The Balaban J connectivity index is 1.13.